The van der Waals surface area contributed by atoms with E-state index in [-0.39, 0.29) is 10.6 Å². The first kappa shape index (κ1) is 20.1. The van der Waals surface area contributed by atoms with E-state index in [4.69, 9.17) is 40.2 Å². The molecule has 0 aromatic heterocycles. The first-order valence-electron chi connectivity index (χ1n) is 8.92. The Hall–Kier alpha value is -1.62. The van der Waals surface area contributed by atoms with Crippen LogP contribution in [0.15, 0.2) is 36.4 Å². The average Bonchev–Trinajstić information content (AvgIpc) is 2.65. The number of methoxy groups -OCH3 is 1. The van der Waals surface area contributed by atoms with Crippen molar-refractivity contribution in [3.63, 3.8) is 0 Å². The quantitative estimate of drug-likeness (QED) is 0.467. The Labute approximate surface area is 175 Å². The molecule has 2 aromatic carbocycles. The summed E-state index contributed by atoms with van der Waals surface area (Å²) < 4.78 is 4.82. The van der Waals surface area contributed by atoms with Gasteiger partial charge in [0.1, 0.15) is 5.56 Å². The predicted molar refractivity (Wildman–Crippen MR) is 115 cm³/mol. The minimum absolute atomic E-state index is 0.239. The van der Waals surface area contributed by atoms with Crippen molar-refractivity contribution in [1.29, 1.82) is 0 Å². The minimum Gasteiger partial charge on any atom is -0.465 e. The van der Waals surface area contributed by atoms with Crippen LogP contribution in [0.5, 0.6) is 0 Å². The van der Waals surface area contributed by atoms with Crippen LogP contribution in [0.4, 0.5) is 5.69 Å². The second-order valence-corrected chi connectivity index (χ2v) is 8.10. The number of carbonyl (C=O) groups is 1. The van der Waals surface area contributed by atoms with Crippen LogP contribution in [0.1, 0.15) is 40.7 Å². The van der Waals surface area contributed by atoms with E-state index in [1.54, 1.807) is 6.07 Å². The normalized spacial score (nSPS) is 15.7. The molecule has 142 valence electrons. The van der Waals surface area contributed by atoms with Gasteiger partial charge in [0.2, 0.25) is 0 Å². The van der Waals surface area contributed by atoms with Gasteiger partial charge in [-0.25, -0.2) is 4.79 Å². The molecule has 0 bridgehead atoms. The van der Waals surface area contributed by atoms with Gasteiger partial charge in [0.15, 0.2) is 0 Å². The number of ether oxygens (including phenoxy) is 1. The van der Waals surface area contributed by atoms with Gasteiger partial charge < -0.3 is 10.1 Å². The molecule has 3 rings (SSSR count). The van der Waals surface area contributed by atoms with Crippen LogP contribution >= 0.6 is 35.4 Å². The first-order chi connectivity index (χ1) is 13.0. The van der Waals surface area contributed by atoms with E-state index in [2.05, 4.69) is 29.6 Å². The summed E-state index contributed by atoms with van der Waals surface area (Å²) in [6, 6.07) is 11.8. The van der Waals surface area contributed by atoms with Crippen molar-refractivity contribution < 1.29 is 9.53 Å². The second-order valence-electron chi connectivity index (χ2n) is 6.77. The molecule has 3 nitrogen and oxygen atoms in total. The van der Waals surface area contributed by atoms with Crippen molar-refractivity contribution in [3.05, 3.63) is 63.1 Å². The highest BCUT2D eigenvalue weighted by Gasteiger charge is 2.20. The number of aryl methyl sites for hydroxylation is 1. The molecule has 1 aliphatic carbocycles. The van der Waals surface area contributed by atoms with Gasteiger partial charge in [0, 0.05) is 5.02 Å². The number of fused-ring (bicyclic) bond motifs is 1. The van der Waals surface area contributed by atoms with Gasteiger partial charge in [0.25, 0.3) is 0 Å². The van der Waals surface area contributed by atoms with Crippen LogP contribution in [-0.2, 0) is 17.6 Å². The number of esters is 1. The minimum atomic E-state index is -0.522. The van der Waals surface area contributed by atoms with Crippen molar-refractivity contribution in [3.8, 4) is 0 Å². The van der Waals surface area contributed by atoms with Gasteiger partial charge in [-0.15, -0.1) is 0 Å². The molecule has 1 aliphatic rings. The second kappa shape index (κ2) is 9.05. The Bertz CT molecular complexity index is 869. The van der Waals surface area contributed by atoms with Crippen molar-refractivity contribution >= 4 is 52.1 Å². The number of carbonyl (C=O) groups excluding carboxylic acids is 1. The van der Waals surface area contributed by atoms with Crippen LogP contribution in [0.3, 0.4) is 0 Å². The third-order valence-electron chi connectivity index (χ3n) is 4.95. The van der Waals surface area contributed by atoms with E-state index >= 15 is 0 Å². The molecule has 1 N–H and O–H groups in total. The molecule has 27 heavy (non-hydrogen) atoms. The van der Waals surface area contributed by atoms with Gasteiger partial charge in [-0.3, -0.25) is 0 Å². The lowest BCUT2D eigenvalue weighted by Crippen LogP contribution is -2.18. The Kier molecular flexibility index (Phi) is 6.74. The highest BCUT2D eigenvalue weighted by atomic mass is 35.5. The Morgan fingerprint density at radius 1 is 1.26 bits per heavy atom. The predicted octanol–water partition coefficient (Wildman–Crippen LogP) is 6.10. The summed E-state index contributed by atoms with van der Waals surface area (Å²) in [5.41, 5.74) is 3.64. The van der Waals surface area contributed by atoms with Crippen LogP contribution in [-0.4, -0.2) is 18.1 Å². The number of hydrogen-bond donors (Lipinski definition) is 1. The maximum absolute atomic E-state index is 12.0. The monoisotopic (exact) mass is 421 g/mol. The maximum atomic E-state index is 12.0. The zero-order valence-electron chi connectivity index (χ0n) is 15.1. The Balaban J connectivity index is 1.63. The Morgan fingerprint density at radius 2 is 2.00 bits per heavy atom. The summed E-state index contributed by atoms with van der Waals surface area (Å²) >= 11 is 17.8. The molecule has 0 amide bonds. The number of nitrogens with one attached hydrogen (secondary N) is 1. The third kappa shape index (κ3) is 5.01. The molecule has 0 radical (unpaired) electrons. The molecule has 0 fully saturated rings. The van der Waals surface area contributed by atoms with Crippen molar-refractivity contribution in [2.24, 2.45) is 5.92 Å². The van der Waals surface area contributed by atoms with E-state index in [1.165, 1.54) is 30.7 Å². The SMILES string of the molecule is COC(=O)c1c(Cl)cc(Cl)cc1NC(=S)CCC1CCc2ccccc2C1. The molecule has 1 atom stereocenters. The van der Waals surface area contributed by atoms with Crippen LogP contribution in [0.2, 0.25) is 10.0 Å². The zero-order valence-corrected chi connectivity index (χ0v) is 17.4. The fourth-order valence-electron chi connectivity index (χ4n) is 3.55. The topological polar surface area (TPSA) is 38.3 Å². The van der Waals surface area contributed by atoms with Crippen LogP contribution in [0, 0.1) is 5.92 Å². The van der Waals surface area contributed by atoms with Gasteiger partial charge in [-0.1, -0.05) is 59.7 Å². The molecule has 1 unspecified atom stereocenters. The van der Waals surface area contributed by atoms with Gasteiger partial charge in [0.05, 0.1) is 22.8 Å². The smallest absolute Gasteiger partial charge is 0.341 e. The summed E-state index contributed by atoms with van der Waals surface area (Å²) in [5.74, 6) is 0.0912. The fraction of sp³-hybridized carbons (Fsp3) is 0.333. The highest BCUT2D eigenvalue weighted by Crippen LogP contribution is 2.31. The first-order valence-corrected chi connectivity index (χ1v) is 10.1. The summed E-state index contributed by atoms with van der Waals surface area (Å²) in [6.45, 7) is 0. The molecule has 0 saturated carbocycles. The number of benzene rings is 2. The molecular weight excluding hydrogens is 401 g/mol. The molecule has 0 saturated heterocycles. The molecule has 0 aliphatic heterocycles. The van der Waals surface area contributed by atoms with E-state index < -0.39 is 5.97 Å². The van der Waals surface area contributed by atoms with E-state index in [0.717, 1.165) is 25.7 Å². The third-order valence-corrected chi connectivity index (χ3v) is 5.77. The molecular formula is C21H21Cl2NO2S. The summed E-state index contributed by atoms with van der Waals surface area (Å²) in [7, 11) is 1.32. The van der Waals surface area contributed by atoms with Crippen LogP contribution < -0.4 is 5.32 Å². The van der Waals surface area contributed by atoms with Gasteiger partial charge >= 0.3 is 5.97 Å². The summed E-state index contributed by atoms with van der Waals surface area (Å²) in [5, 5.41) is 3.80. The molecule has 6 heteroatoms. The standard InChI is InChI=1S/C21H21Cl2NO2S/c1-26-21(25)20-17(23)11-16(22)12-18(20)24-19(27)9-7-13-6-8-14-4-2-3-5-15(14)10-13/h2-5,11-13H,6-10H2,1H3,(H,24,27). The lowest BCUT2D eigenvalue weighted by molar-refractivity contribution is 0.0602. The van der Waals surface area contributed by atoms with Crippen LogP contribution in [0.25, 0.3) is 0 Å². The van der Waals surface area contributed by atoms with Crippen molar-refractivity contribution in [2.75, 3.05) is 12.4 Å². The maximum Gasteiger partial charge on any atom is 0.341 e. The highest BCUT2D eigenvalue weighted by molar-refractivity contribution is 7.80. The van der Waals surface area contributed by atoms with Crippen molar-refractivity contribution in [1.82, 2.24) is 0 Å². The molecule has 0 spiro atoms. The fourth-order valence-corrected chi connectivity index (χ4v) is 4.35. The lowest BCUT2D eigenvalue weighted by Gasteiger charge is -2.24. The van der Waals surface area contributed by atoms with E-state index in [9.17, 15) is 4.79 Å². The lowest BCUT2D eigenvalue weighted by atomic mass is 9.82. The summed E-state index contributed by atoms with van der Waals surface area (Å²) in [4.78, 5) is 12.7. The zero-order chi connectivity index (χ0) is 19.4. The number of hydrogen-bond acceptors (Lipinski definition) is 3. The van der Waals surface area contributed by atoms with Gasteiger partial charge in [-0.05, 0) is 61.3 Å². The number of thiocarbonyl (C=S) groups is 1. The number of anilines is 1. The van der Waals surface area contributed by atoms with E-state index in [1.807, 2.05) is 0 Å². The Morgan fingerprint density at radius 3 is 2.74 bits per heavy atom. The average molecular weight is 422 g/mol. The largest absolute Gasteiger partial charge is 0.465 e. The van der Waals surface area contributed by atoms with E-state index in [0.29, 0.717) is 21.6 Å². The van der Waals surface area contributed by atoms with Crippen molar-refractivity contribution in [2.45, 2.75) is 32.1 Å². The molecule has 0 heterocycles. The molecule has 2 aromatic rings. The summed E-state index contributed by atoms with van der Waals surface area (Å²) in [6.07, 6.45) is 5.14. The van der Waals surface area contributed by atoms with Gasteiger partial charge in [-0.2, -0.15) is 0 Å². The number of halogens is 2. The number of rotatable bonds is 5.